The molecule has 0 saturated carbocycles. The standard InChI is InChI=1S/C11H18N2O3S/c14-6-4-2-1-3-5-12-8-10-7-11(13(15)16)17-9-10/h7,9,12,14H,1-6,8H2. The Hall–Kier alpha value is -0.980. The first-order chi connectivity index (χ1) is 8.24. The molecule has 0 saturated heterocycles. The van der Waals surface area contributed by atoms with Gasteiger partial charge in [0, 0.05) is 24.6 Å². The molecule has 17 heavy (non-hydrogen) atoms. The van der Waals surface area contributed by atoms with Crippen molar-refractivity contribution in [2.45, 2.75) is 32.2 Å². The van der Waals surface area contributed by atoms with Gasteiger partial charge in [0.25, 0.3) is 0 Å². The number of hydrogen-bond donors (Lipinski definition) is 2. The first-order valence-corrected chi connectivity index (χ1v) is 6.65. The van der Waals surface area contributed by atoms with E-state index in [1.54, 1.807) is 6.07 Å². The van der Waals surface area contributed by atoms with Crippen LogP contribution < -0.4 is 5.32 Å². The maximum absolute atomic E-state index is 10.5. The summed E-state index contributed by atoms with van der Waals surface area (Å²) in [6.45, 7) is 1.87. The lowest BCUT2D eigenvalue weighted by Gasteiger charge is -2.02. The lowest BCUT2D eigenvalue weighted by Crippen LogP contribution is -2.14. The van der Waals surface area contributed by atoms with E-state index < -0.39 is 0 Å². The molecule has 2 N–H and O–H groups in total. The van der Waals surface area contributed by atoms with Gasteiger partial charge in [-0.2, -0.15) is 0 Å². The van der Waals surface area contributed by atoms with E-state index in [1.165, 1.54) is 11.3 Å². The van der Waals surface area contributed by atoms with Crippen molar-refractivity contribution in [3.05, 3.63) is 27.1 Å². The van der Waals surface area contributed by atoms with Crippen molar-refractivity contribution in [2.75, 3.05) is 13.2 Å². The van der Waals surface area contributed by atoms with Crippen molar-refractivity contribution >= 4 is 16.3 Å². The molecule has 0 aromatic carbocycles. The molecule has 0 radical (unpaired) electrons. The van der Waals surface area contributed by atoms with Crippen LogP contribution in [-0.2, 0) is 6.54 Å². The van der Waals surface area contributed by atoms with Crippen molar-refractivity contribution in [1.82, 2.24) is 5.32 Å². The molecule has 0 aliphatic rings. The minimum absolute atomic E-state index is 0.199. The summed E-state index contributed by atoms with van der Waals surface area (Å²) < 4.78 is 0. The SMILES string of the molecule is O=[N+]([O-])c1cc(CNCCCCCCO)cs1. The Labute approximate surface area is 105 Å². The Morgan fingerprint density at radius 1 is 1.35 bits per heavy atom. The Kier molecular flexibility index (Phi) is 6.76. The monoisotopic (exact) mass is 258 g/mol. The highest BCUT2D eigenvalue weighted by Gasteiger charge is 2.08. The third kappa shape index (κ3) is 5.76. The van der Waals surface area contributed by atoms with E-state index in [4.69, 9.17) is 5.11 Å². The Bertz CT molecular complexity index is 341. The minimum atomic E-state index is -0.358. The molecule has 0 aliphatic heterocycles. The number of thiophene rings is 1. The van der Waals surface area contributed by atoms with E-state index in [1.807, 2.05) is 5.38 Å². The summed E-state index contributed by atoms with van der Waals surface area (Å²) in [6.07, 6.45) is 4.11. The number of aliphatic hydroxyl groups is 1. The molecular weight excluding hydrogens is 240 g/mol. The molecule has 96 valence electrons. The van der Waals surface area contributed by atoms with E-state index in [-0.39, 0.29) is 16.5 Å². The molecule has 0 spiro atoms. The van der Waals surface area contributed by atoms with Gasteiger partial charge >= 0.3 is 5.00 Å². The second kappa shape index (κ2) is 8.16. The van der Waals surface area contributed by atoms with E-state index in [0.717, 1.165) is 37.8 Å². The maximum Gasteiger partial charge on any atom is 0.324 e. The van der Waals surface area contributed by atoms with Gasteiger partial charge in [0.15, 0.2) is 0 Å². The van der Waals surface area contributed by atoms with E-state index in [2.05, 4.69) is 5.32 Å². The van der Waals surface area contributed by atoms with Crippen LogP contribution >= 0.6 is 11.3 Å². The van der Waals surface area contributed by atoms with Gasteiger partial charge in [0.05, 0.1) is 4.92 Å². The number of unbranched alkanes of at least 4 members (excludes halogenated alkanes) is 3. The highest BCUT2D eigenvalue weighted by atomic mass is 32.1. The second-order valence-electron chi connectivity index (χ2n) is 3.86. The fraction of sp³-hybridized carbons (Fsp3) is 0.636. The first kappa shape index (κ1) is 14.1. The number of nitro groups is 1. The summed E-state index contributed by atoms with van der Waals surface area (Å²) in [5.74, 6) is 0. The summed E-state index contributed by atoms with van der Waals surface area (Å²) in [5.41, 5.74) is 0.969. The fourth-order valence-corrected chi connectivity index (χ4v) is 2.23. The van der Waals surface area contributed by atoms with Gasteiger partial charge in [-0.1, -0.05) is 24.2 Å². The fourth-order valence-electron chi connectivity index (χ4n) is 1.50. The molecule has 1 rings (SSSR count). The van der Waals surface area contributed by atoms with Crippen LogP contribution in [0.5, 0.6) is 0 Å². The van der Waals surface area contributed by atoms with Crippen LogP contribution in [0.25, 0.3) is 0 Å². The molecule has 0 aliphatic carbocycles. The van der Waals surface area contributed by atoms with E-state index in [0.29, 0.717) is 6.54 Å². The average Bonchev–Trinajstić information content (AvgIpc) is 2.77. The third-order valence-corrected chi connectivity index (χ3v) is 3.34. The smallest absolute Gasteiger partial charge is 0.324 e. The molecule has 0 fully saturated rings. The zero-order valence-electron chi connectivity index (χ0n) is 9.72. The largest absolute Gasteiger partial charge is 0.396 e. The molecule has 1 aromatic heterocycles. The summed E-state index contributed by atoms with van der Waals surface area (Å²) in [7, 11) is 0. The molecule has 0 unspecified atom stereocenters. The summed E-state index contributed by atoms with van der Waals surface area (Å²) in [5, 5.41) is 24.3. The van der Waals surface area contributed by atoms with Crippen molar-refractivity contribution in [2.24, 2.45) is 0 Å². The molecule has 1 aromatic rings. The van der Waals surface area contributed by atoms with E-state index in [9.17, 15) is 10.1 Å². The zero-order chi connectivity index (χ0) is 12.5. The Morgan fingerprint density at radius 2 is 2.12 bits per heavy atom. The third-order valence-electron chi connectivity index (χ3n) is 2.41. The Balaban J connectivity index is 2.07. The van der Waals surface area contributed by atoms with Crippen LogP contribution in [0.3, 0.4) is 0 Å². The van der Waals surface area contributed by atoms with Gasteiger partial charge in [-0.3, -0.25) is 10.1 Å². The molecule has 0 atom stereocenters. The first-order valence-electron chi connectivity index (χ1n) is 5.77. The van der Waals surface area contributed by atoms with Crippen molar-refractivity contribution < 1.29 is 10.0 Å². The molecular formula is C11H18N2O3S. The molecule has 0 amide bonds. The van der Waals surface area contributed by atoms with Crippen molar-refractivity contribution in [3.63, 3.8) is 0 Å². The van der Waals surface area contributed by atoms with Gasteiger partial charge < -0.3 is 10.4 Å². The maximum atomic E-state index is 10.5. The number of aliphatic hydroxyl groups excluding tert-OH is 1. The normalized spacial score (nSPS) is 10.6. The number of rotatable bonds is 9. The van der Waals surface area contributed by atoms with Crippen LogP contribution in [0.4, 0.5) is 5.00 Å². The predicted molar refractivity (Wildman–Crippen MR) is 68.2 cm³/mol. The summed E-state index contributed by atoms with van der Waals surface area (Å²) >= 11 is 1.17. The lowest BCUT2D eigenvalue weighted by atomic mass is 10.2. The highest BCUT2D eigenvalue weighted by Crippen LogP contribution is 2.22. The van der Waals surface area contributed by atoms with Crippen LogP contribution in [0.2, 0.25) is 0 Å². The van der Waals surface area contributed by atoms with Crippen LogP contribution in [-0.4, -0.2) is 23.2 Å². The van der Waals surface area contributed by atoms with Crippen molar-refractivity contribution in [3.8, 4) is 0 Å². The van der Waals surface area contributed by atoms with Crippen molar-refractivity contribution in [1.29, 1.82) is 0 Å². The highest BCUT2D eigenvalue weighted by molar-refractivity contribution is 7.13. The van der Waals surface area contributed by atoms with Gasteiger partial charge in [-0.15, -0.1) is 0 Å². The summed E-state index contributed by atoms with van der Waals surface area (Å²) in [4.78, 5) is 10.1. The number of nitrogens with zero attached hydrogens (tertiary/aromatic N) is 1. The average molecular weight is 258 g/mol. The van der Waals surface area contributed by atoms with Gasteiger partial charge in [-0.25, -0.2) is 0 Å². The second-order valence-corrected chi connectivity index (χ2v) is 4.75. The summed E-state index contributed by atoms with van der Waals surface area (Å²) in [6, 6.07) is 1.61. The number of nitrogens with one attached hydrogen (secondary N) is 1. The van der Waals surface area contributed by atoms with Crippen LogP contribution in [0, 0.1) is 10.1 Å². The van der Waals surface area contributed by atoms with Gasteiger partial charge in [0.1, 0.15) is 0 Å². The number of hydrogen-bond acceptors (Lipinski definition) is 5. The topological polar surface area (TPSA) is 75.4 Å². The van der Waals surface area contributed by atoms with Gasteiger partial charge in [0.2, 0.25) is 0 Å². The molecule has 6 heteroatoms. The minimum Gasteiger partial charge on any atom is -0.396 e. The molecule has 0 bridgehead atoms. The van der Waals surface area contributed by atoms with E-state index >= 15 is 0 Å². The lowest BCUT2D eigenvalue weighted by molar-refractivity contribution is -0.380. The van der Waals surface area contributed by atoms with Crippen LogP contribution in [0.1, 0.15) is 31.2 Å². The predicted octanol–water partition coefficient (Wildman–Crippen LogP) is 2.30. The molecule has 1 heterocycles. The van der Waals surface area contributed by atoms with Crippen LogP contribution in [0.15, 0.2) is 11.4 Å². The zero-order valence-corrected chi connectivity index (χ0v) is 10.5. The quantitative estimate of drug-likeness (QED) is 0.405. The molecule has 5 nitrogen and oxygen atoms in total. The Morgan fingerprint density at radius 3 is 2.76 bits per heavy atom. The van der Waals surface area contributed by atoms with Gasteiger partial charge in [-0.05, 0) is 24.9 Å².